The van der Waals surface area contributed by atoms with E-state index < -0.39 is 13.2 Å². The van der Waals surface area contributed by atoms with Gasteiger partial charge in [0.1, 0.15) is 6.20 Å². The maximum Gasteiger partial charge on any atom is 0.331 e. The van der Waals surface area contributed by atoms with Gasteiger partial charge in [0.25, 0.3) is 0 Å². The summed E-state index contributed by atoms with van der Waals surface area (Å²) in [4.78, 5) is 24.3. The van der Waals surface area contributed by atoms with Crippen molar-refractivity contribution in [3.8, 4) is 0 Å². The van der Waals surface area contributed by atoms with Gasteiger partial charge in [-0.15, -0.1) is 5.10 Å². The third-order valence-electron chi connectivity index (χ3n) is 4.60. The van der Waals surface area contributed by atoms with Crippen LogP contribution >= 0.6 is 0 Å². The minimum atomic E-state index is -2.00. The molecule has 0 aliphatic carbocycles. The fraction of sp³-hybridized carbons (Fsp3) is 0.714. The molecule has 1 saturated heterocycles. The molecule has 1 aliphatic heterocycles. The van der Waals surface area contributed by atoms with E-state index >= 15 is 0 Å². The quantitative estimate of drug-likeness (QED) is 0.477. The third kappa shape index (κ3) is 3.45. The smallest absolute Gasteiger partial charge is 0.331 e. The Morgan fingerprint density at radius 2 is 2.04 bits per heavy atom. The van der Waals surface area contributed by atoms with Crippen LogP contribution in [0.3, 0.4) is 0 Å². The van der Waals surface area contributed by atoms with Gasteiger partial charge >= 0.3 is 5.69 Å². The lowest BCUT2D eigenvalue weighted by Crippen LogP contribution is -2.44. The molecule has 0 aromatic carbocycles. The molecule has 23 heavy (non-hydrogen) atoms. The van der Waals surface area contributed by atoms with Crippen LogP contribution in [0.25, 0.3) is 0 Å². The van der Waals surface area contributed by atoms with Crippen LogP contribution in [-0.4, -0.2) is 41.6 Å². The number of amides is 1. The Bertz CT molecular complexity index is 635. The van der Waals surface area contributed by atoms with E-state index in [0.29, 0.717) is 6.54 Å². The van der Waals surface area contributed by atoms with Crippen LogP contribution in [0, 0.1) is 10.1 Å². The summed E-state index contributed by atoms with van der Waals surface area (Å²) in [6.45, 7) is 11.0. The zero-order valence-corrected chi connectivity index (χ0v) is 15.5. The molecule has 1 aromatic heterocycles. The molecule has 1 aliphatic rings. The second-order valence-electron chi connectivity index (χ2n) is 7.48. The number of carbonyl (C=O) groups is 1. The molecule has 2 rings (SSSR count). The molecule has 0 spiro atoms. The Morgan fingerprint density at radius 1 is 1.43 bits per heavy atom. The number of aryl methyl sites for hydroxylation is 1. The molecular weight excluding hydrogens is 316 g/mol. The number of carbonyl (C=O) groups excluding carboxylic acids is 1. The predicted octanol–water partition coefficient (Wildman–Crippen LogP) is 2.46. The fourth-order valence-corrected chi connectivity index (χ4v) is 3.68. The average molecular weight is 340 g/mol. The largest absolute Gasteiger partial charge is 0.412 e. The molecule has 8 nitrogen and oxygen atoms in total. The van der Waals surface area contributed by atoms with E-state index in [1.807, 2.05) is 0 Å². The van der Waals surface area contributed by atoms with Crippen molar-refractivity contribution in [2.45, 2.75) is 51.4 Å². The highest BCUT2D eigenvalue weighted by Crippen LogP contribution is 2.39. The fourth-order valence-electron chi connectivity index (χ4n) is 2.34. The van der Waals surface area contributed by atoms with Crippen LogP contribution < -0.4 is 4.90 Å². The number of hydrogen-bond acceptors (Lipinski definition) is 5. The molecule has 9 heteroatoms. The maximum absolute atomic E-state index is 12.3. The Labute approximate surface area is 136 Å². The average Bonchev–Trinajstić information content (AvgIpc) is 2.90. The van der Waals surface area contributed by atoms with Gasteiger partial charge in [0, 0.05) is 7.05 Å². The van der Waals surface area contributed by atoms with Gasteiger partial charge in [0.05, 0.1) is 24.0 Å². The first-order valence-corrected chi connectivity index (χ1v) is 10.5. The molecule has 128 valence electrons. The summed E-state index contributed by atoms with van der Waals surface area (Å²) >= 11 is 0. The molecule has 1 aromatic rings. The topological polar surface area (TPSA) is 90.5 Å². The molecule has 0 radical (unpaired) electrons. The van der Waals surface area contributed by atoms with E-state index in [4.69, 9.17) is 4.43 Å². The van der Waals surface area contributed by atoms with E-state index in [2.05, 4.69) is 39.0 Å². The number of anilines is 1. The predicted molar refractivity (Wildman–Crippen MR) is 88.9 cm³/mol. The van der Waals surface area contributed by atoms with Gasteiger partial charge in [-0.2, -0.15) is 0 Å². The summed E-state index contributed by atoms with van der Waals surface area (Å²) in [5.41, 5.74) is -0.158. The second kappa shape index (κ2) is 5.71. The molecule has 0 unspecified atom stereocenters. The lowest BCUT2D eigenvalue weighted by atomic mass is 10.2. The number of rotatable bonds is 4. The van der Waals surface area contributed by atoms with E-state index in [0.717, 1.165) is 0 Å². The molecule has 0 saturated carbocycles. The van der Waals surface area contributed by atoms with Gasteiger partial charge in [-0.25, -0.2) is 0 Å². The highest BCUT2D eigenvalue weighted by atomic mass is 28.4. The standard InChI is InChI=1S/C14H24N4O4Si/c1-14(2,3)23(5,6)22-10-7-12(19)17(8-10)13-11(18(20)21)9-16(4)15-13/h9-10H,7-8H2,1-6H3/t10-/m0/s1. The monoisotopic (exact) mass is 340 g/mol. The number of nitro groups is 1. The summed E-state index contributed by atoms with van der Waals surface area (Å²) in [7, 11) is -0.401. The van der Waals surface area contributed by atoms with E-state index in [1.54, 1.807) is 7.05 Å². The van der Waals surface area contributed by atoms with Gasteiger partial charge in [-0.05, 0) is 18.1 Å². The second-order valence-corrected chi connectivity index (χ2v) is 12.2. The summed E-state index contributed by atoms with van der Waals surface area (Å²) in [5, 5.41) is 15.3. The van der Waals surface area contributed by atoms with Crippen LogP contribution in [0.15, 0.2) is 6.20 Å². The van der Waals surface area contributed by atoms with Crippen LogP contribution in [0.5, 0.6) is 0 Å². The number of aromatic nitrogens is 2. The van der Waals surface area contributed by atoms with Crippen LogP contribution in [0.1, 0.15) is 27.2 Å². The molecule has 1 amide bonds. The van der Waals surface area contributed by atoms with Gasteiger partial charge in [-0.1, -0.05) is 20.8 Å². The number of hydrogen-bond donors (Lipinski definition) is 0. The van der Waals surface area contributed by atoms with Crippen molar-refractivity contribution in [2.75, 3.05) is 11.4 Å². The molecule has 1 atom stereocenters. The van der Waals surface area contributed by atoms with Gasteiger partial charge in [0.15, 0.2) is 8.32 Å². The molecule has 0 bridgehead atoms. The lowest BCUT2D eigenvalue weighted by Gasteiger charge is -2.38. The Hall–Kier alpha value is -1.74. The highest BCUT2D eigenvalue weighted by molar-refractivity contribution is 6.74. The van der Waals surface area contributed by atoms with Crippen molar-refractivity contribution in [1.82, 2.24) is 9.78 Å². The lowest BCUT2D eigenvalue weighted by molar-refractivity contribution is -0.384. The Balaban J connectivity index is 2.20. The van der Waals surface area contributed by atoms with Crippen molar-refractivity contribution in [3.63, 3.8) is 0 Å². The normalized spacial score (nSPS) is 19.5. The Kier molecular flexibility index (Phi) is 4.37. The first kappa shape index (κ1) is 17.6. The summed E-state index contributed by atoms with van der Waals surface area (Å²) in [6, 6.07) is 0. The van der Waals surface area contributed by atoms with Crippen LogP contribution in [-0.2, 0) is 16.3 Å². The van der Waals surface area contributed by atoms with Gasteiger partial charge < -0.3 is 4.43 Å². The molecular formula is C14H24N4O4Si. The minimum Gasteiger partial charge on any atom is -0.412 e. The SMILES string of the molecule is Cn1cc([N+](=O)[O-])c(N2C[C@@H](O[Si](C)(C)C(C)(C)C)CC2=O)n1. The first-order valence-electron chi connectivity index (χ1n) is 7.58. The summed E-state index contributed by atoms with van der Waals surface area (Å²) in [5.74, 6) is -0.0839. The van der Waals surface area contributed by atoms with Gasteiger partial charge in [0.2, 0.25) is 11.7 Å². The Morgan fingerprint density at radius 3 is 2.57 bits per heavy atom. The molecule has 1 fully saturated rings. The highest BCUT2D eigenvalue weighted by Gasteiger charge is 2.43. The third-order valence-corrected chi connectivity index (χ3v) is 9.14. The van der Waals surface area contributed by atoms with E-state index in [1.165, 1.54) is 15.8 Å². The van der Waals surface area contributed by atoms with Gasteiger partial charge in [-0.3, -0.25) is 24.5 Å². The minimum absolute atomic E-state index is 0.0421. The zero-order valence-electron chi connectivity index (χ0n) is 14.5. The van der Waals surface area contributed by atoms with Crippen molar-refractivity contribution in [3.05, 3.63) is 16.3 Å². The zero-order chi connectivity index (χ0) is 17.6. The summed E-state index contributed by atoms with van der Waals surface area (Å²) < 4.78 is 7.61. The van der Waals surface area contributed by atoms with E-state index in [9.17, 15) is 14.9 Å². The van der Waals surface area contributed by atoms with E-state index in [-0.39, 0.29) is 35.0 Å². The van der Waals surface area contributed by atoms with Crippen molar-refractivity contribution in [1.29, 1.82) is 0 Å². The molecule has 2 heterocycles. The number of nitrogens with zero attached hydrogens (tertiary/aromatic N) is 4. The van der Waals surface area contributed by atoms with Crippen molar-refractivity contribution in [2.24, 2.45) is 7.05 Å². The van der Waals surface area contributed by atoms with Crippen molar-refractivity contribution >= 4 is 25.7 Å². The van der Waals surface area contributed by atoms with Crippen LogP contribution in [0.4, 0.5) is 11.5 Å². The molecule has 0 N–H and O–H groups in total. The van der Waals surface area contributed by atoms with Crippen LogP contribution in [0.2, 0.25) is 18.1 Å². The summed E-state index contributed by atoms with van der Waals surface area (Å²) in [6.07, 6.45) is 1.30. The maximum atomic E-state index is 12.3. The first-order chi connectivity index (χ1) is 10.4. The van der Waals surface area contributed by atoms with Crippen molar-refractivity contribution < 1.29 is 14.1 Å².